The van der Waals surface area contributed by atoms with E-state index in [0.717, 1.165) is 12.8 Å². The lowest BCUT2D eigenvalue weighted by Crippen LogP contribution is -2.41. The quantitative estimate of drug-likeness (QED) is 0.872. The first kappa shape index (κ1) is 13.9. The average molecular weight is 262 g/mol. The standard InChI is InChI=1S/C16H22O3/c1-12(2)16(11-15(18)8-10-19-16)9-7-13-3-5-14(17)6-4-13/h3-6,8,12,17-18H,7,9-11H2,1-2H3. The average Bonchev–Trinajstić information content (AvgIpc) is 2.38. The van der Waals surface area contributed by atoms with E-state index in [9.17, 15) is 10.2 Å². The van der Waals surface area contributed by atoms with Gasteiger partial charge < -0.3 is 14.9 Å². The monoisotopic (exact) mass is 262 g/mol. The summed E-state index contributed by atoms with van der Waals surface area (Å²) in [5.41, 5.74) is 0.895. The Morgan fingerprint density at radius 1 is 1.21 bits per heavy atom. The lowest BCUT2D eigenvalue weighted by molar-refractivity contribution is -0.0870. The summed E-state index contributed by atoms with van der Waals surface area (Å²) >= 11 is 0. The Morgan fingerprint density at radius 3 is 2.47 bits per heavy atom. The molecule has 3 heteroatoms. The zero-order chi connectivity index (χ0) is 13.9. The van der Waals surface area contributed by atoms with Gasteiger partial charge in [-0.2, -0.15) is 0 Å². The highest BCUT2D eigenvalue weighted by Crippen LogP contribution is 2.36. The van der Waals surface area contributed by atoms with Gasteiger partial charge in [0.25, 0.3) is 0 Å². The van der Waals surface area contributed by atoms with E-state index in [1.807, 2.05) is 12.1 Å². The van der Waals surface area contributed by atoms with Crippen LogP contribution in [-0.4, -0.2) is 22.4 Å². The van der Waals surface area contributed by atoms with Gasteiger partial charge in [0, 0.05) is 6.42 Å². The van der Waals surface area contributed by atoms with Crippen LogP contribution >= 0.6 is 0 Å². The minimum Gasteiger partial charge on any atom is -0.512 e. The second kappa shape index (κ2) is 5.66. The normalized spacial score (nSPS) is 23.4. The largest absolute Gasteiger partial charge is 0.512 e. The molecule has 0 radical (unpaired) electrons. The van der Waals surface area contributed by atoms with Crippen molar-refractivity contribution in [1.29, 1.82) is 0 Å². The van der Waals surface area contributed by atoms with E-state index < -0.39 is 0 Å². The van der Waals surface area contributed by atoms with Crippen LogP contribution in [0.15, 0.2) is 36.1 Å². The first-order chi connectivity index (χ1) is 9.02. The molecule has 104 valence electrons. The van der Waals surface area contributed by atoms with Gasteiger partial charge in [0.05, 0.1) is 18.0 Å². The fourth-order valence-corrected chi connectivity index (χ4v) is 2.57. The van der Waals surface area contributed by atoms with Gasteiger partial charge in [-0.1, -0.05) is 26.0 Å². The minimum absolute atomic E-state index is 0.281. The smallest absolute Gasteiger partial charge is 0.115 e. The number of benzene rings is 1. The van der Waals surface area contributed by atoms with Crippen LogP contribution in [0, 0.1) is 5.92 Å². The lowest BCUT2D eigenvalue weighted by atomic mass is 9.80. The van der Waals surface area contributed by atoms with Gasteiger partial charge in [-0.05, 0) is 42.5 Å². The van der Waals surface area contributed by atoms with Crippen molar-refractivity contribution in [3.8, 4) is 5.75 Å². The number of ether oxygens (including phenoxy) is 1. The van der Waals surface area contributed by atoms with Crippen LogP contribution in [0.2, 0.25) is 0 Å². The number of hydrogen-bond acceptors (Lipinski definition) is 3. The van der Waals surface area contributed by atoms with E-state index in [0.29, 0.717) is 24.7 Å². The molecule has 0 spiro atoms. The van der Waals surface area contributed by atoms with Crippen LogP contribution in [0.4, 0.5) is 0 Å². The molecule has 0 fully saturated rings. The SMILES string of the molecule is CC(C)C1(CCc2ccc(O)cc2)CC(O)=CCO1. The summed E-state index contributed by atoms with van der Waals surface area (Å²) in [4.78, 5) is 0. The predicted molar refractivity (Wildman–Crippen MR) is 75.3 cm³/mol. The summed E-state index contributed by atoms with van der Waals surface area (Å²) in [6.45, 7) is 4.75. The third-order valence-corrected chi connectivity index (χ3v) is 4.00. The Hall–Kier alpha value is -1.48. The highest BCUT2D eigenvalue weighted by atomic mass is 16.5. The lowest BCUT2D eigenvalue weighted by Gasteiger charge is -2.39. The second-order valence-electron chi connectivity index (χ2n) is 5.57. The maximum atomic E-state index is 9.78. The zero-order valence-corrected chi connectivity index (χ0v) is 11.6. The highest BCUT2D eigenvalue weighted by molar-refractivity contribution is 5.26. The second-order valence-corrected chi connectivity index (χ2v) is 5.57. The van der Waals surface area contributed by atoms with Crippen molar-refractivity contribution in [3.05, 3.63) is 41.7 Å². The number of aliphatic hydroxyl groups is 1. The van der Waals surface area contributed by atoms with Crippen molar-refractivity contribution in [2.24, 2.45) is 5.92 Å². The van der Waals surface area contributed by atoms with Crippen molar-refractivity contribution in [3.63, 3.8) is 0 Å². The number of aromatic hydroxyl groups is 1. The predicted octanol–water partition coefficient (Wildman–Crippen LogP) is 3.58. The van der Waals surface area contributed by atoms with Crippen LogP contribution in [0.1, 0.15) is 32.3 Å². The Labute approximate surface area is 114 Å². The topological polar surface area (TPSA) is 49.7 Å². The Kier molecular flexibility index (Phi) is 4.15. The fourth-order valence-electron chi connectivity index (χ4n) is 2.57. The number of phenols is 1. The molecule has 1 aliphatic heterocycles. The van der Waals surface area contributed by atoms with Crippen molar-refractivity contribution in [2.75, 3.05) is 6.61 Å². The first-order valence-corrected chi connectivity index (χ1v) is 6.82. The third-order valence-electron chi connectivity index (χ3n) is 4.00. The molecular weight excluding hydrogens is 240 g/mol. The molecule has 1 heterocycles. The number of aliphatic hydroxyl groups excluding tert-OH is 1. The summed E-state index contributed by atoms with van der Waals surface area (Å²) in [7, 11) is 0. The molecular formula is C16H22O3. The maximum Gasteiger partial charge on any atom is 0.115 e. The van der Waals surface area contributed by atoms with E-state index in [1.54, 1.807) is 18.2 Å². The van der Waals surface area contributed by atoms with Gasteiger partial charge in [-0.3, -0.25) is 0 Å². The van der Waals surface area contributed by atoms with E-state index in [4.69, 9.17) is 4.74 Å². The summed E-state index contributed by atoms with van der Waals surface area (Å²) < 4.78 is 5.96. The molecule has 3 nitrogen and oxygen atoms in total. The van der Waals surface area contributed by atoms with Gasteiger partial charge in [0.15, 0.2) is 0 Å². The maximum absolute atomic E-state index is 9.78. The molecule has 1 atom stereocenters. The molecule has 19 heavy (non-hydrogen) atoms. The van der Waals surface area contributed by atoms with E-state index in [1.165, 1.54) is 5.56 Å². The van der Waals surface area contributed by atoms with Gasteiger partial charge >= 0.3 is 0 Å². The van der Waals surface area contributed by atoms with E-state index >= 15 is 0 Å². The van der Waals surface area contributed by atoms with Crippen LogP contribution in [-0.2, 0) is 11.2 Å². The molecule has 0 saturated carbocycles. The molecule has 1 aliphatic rings. The van der Waals surface area contributed by atoms with Crippen LogP contribution in [0.5, 0.6) is 5.75 Å². The number of hydrogen-bond donors (Lipinski definition) is 2. The summed E-state index contributed by atoms with van der Waals surface area (Å²) in [5, 5.41) is 19.1. The molecule has 1 aromatic carbocycles. The van der Waals surface area contributed by atoms with Crippen molar-refractivity contribution < 1.29 is 14.9 Å². The first-order valence-electron chi connectivity index (χ1n) is 6.82. The molecule has 0 saturated heterocycles. The van der Waals surface area contributed by atoms with Gasteiger partial charge in [0.2, 0.25) is 0 Å². The summed E-state index contributed by atoms with van der Waals surface area (Å²) in [6.07, 6.45) is 4.07. The van der Waals surface area contributed by atoms with Gasteiger partial charge in [0.1, 0.15) is 5.75 Å². The van der Waals surface area contributed by atoms with Crippen LogP contribution in [0.25, 0.3) is 0 Å². The molecule has 1 aromatic rings. The molecule has 0 bridgehead atoms. The van der Waals surface area contributed by atoms with Crippen LogP contribution < -0.4 is 0 Å². The third kappa shape index (κ3) is 3.29. The van der Waals surface area contributed by atoms with Gasteiger partial charge in [-0.15, -0.1) is 0 Å². The Balaban J connectivity index is 2.05. The van der Waals surface area contributed by atoms with Crippen molar-refractivity contribution >= 4 is 0 Å². The van der Waals surface area contributed by atoms with E-state index in [-0.39, 0.29) is 11.4 Å². The molecule has 0 aromatic heterocycles. The molecule has 1 unspecified atom stereocenters. The summed E-state index contributed by atoms with van der Waals surface area (Å²) in [5.74, 6) is 1.07. The van der Waals surface area contributed by atoms with Crippen molar-refractivity contribution in [2.45, 2.75) is 38.7 Å². The molecule has 2 rings (SSSR count). The molecule has 0 amide bonds. The molecule has 2 N–H and O–H groups in total. The Bertz CT molecular complexity index is 448. The molecule has 0 aliphatic carbocycles. The fraction of sp³-hybridized carbons (Fsp3) is 0.500. The van der Waals surface area contributed by atoms with Crippen molar-refractivity contribution in [1.82, 2.24) is 0 Å². The highest BCUT2D eigenvalue weighted by Gasteiger charge is 2.37. The van der Waals surface area contributed by atoms with E-state index in [2.05, 4.69) is 13.8 Å². The van der Waals surface area contributed by atoms with Gasteiger partial charge in [-0.25, -0.2) is 0 Å². The minimum atomic E-state index is -0.281. The summed E-state index contributed by atoms with van der Waals surface area (Å²) in [6, 6.07) is 7.27. The zero-order valence-electron chi connectivity index (χ0n) is 11.6. The number of rotatable bonds is 4. The Morgan fingerprint density at radius 2 is 1.89 bits per heavy atom. The number of aryl methyl sites for hydroxylation is 1. The number of phenolic OH excluding ortho intramolecular Hbond substituents is 1. The van der Waals surface area contributed by atoms with Crippen LogP contribution in [0.3, 0.4) is 0 Å².